The summed E-state index contributed by atoms with van der Waals surface area (Å²) in [6.07, 6.45) is 1.31. The molecule has 0 radical (unpaired) electrons. The summed E-state index contributed by atoms with van der Waals surface area (Å²) >= 11 is 8.55. The molecule has 0 saturated heterocycles. The first kappa shape index (κ1) is 11.8. The maximum atomic E-state index is 13.1. The third kappa shape index (κ3) is 2.38. The van der Waals surface area contributed by atoms with Gasteiger partial charge in [-0.25, -0.2) is 4.39 Å². The Morgan fingerprint density at radius 2 is 2.21 bits per heavy atom. The number of phenols is 1. The number of hydrogen-bond acceptors (Lipinski definition) is 2. The third-order valence-corrected chi connectivity index (χ3v) is 2.86. The number of benzene rings is 1. The predicted molar refractivity (Wildman–Crippen MR) is 58.2 cm³/mol. The highest BCUT2D eigenvalue weighted by Crippen LogP contribution is 2.35. The zero-order chi connectivity index (χ0) is 10.7. The second kappa shape index (κ2) is 4.96. The number of nitrogens with two attached hydrogens (primary N) is 1. The van der Waals surface area contributed by atoms with E-state index in [4.69, 9.17) is 17.3 Å². The fourth-order valence-electron chi connectivity index (χ4n) is 1.12. The molecule has 1 aromatic rings. The Morgan fingerprint density at radius 3 is 2.79 bits per heavy atom. The summed E-state index contributed by atoms with van der Waals surface area (Å²) in [4.78, 5) is 0. The number of rotatable bonds is 3. The van der Waals surface area contributed by atoms with Crippen molar-refractivity contribution >= 4 is 27.5 Å². The highest BCUT2D eigenvalue weighted by atomic mass is 79.9. The van der Waals surface area contributed by atoms with Crippen LogP contribution in [0.15, 0.2) is 10.5 Å². The summed E-state index contributed by atoms with van der Waals surface area (Å²) in [5.41, 5.74) is 5.94. The average Bonchev–Trinajstić information content (AvgIpc) is 2.18. The van der Waals surface area contributed by atoms with E-state index in [-0.39, 0.29) is 15.2 Å². The van der Waals surface area contributed by atoms with Gasteiger partial charge in [0, 0.05) is 0 Å². The molecule has 0 bridgehead atoms. The molecule has 0 amide bonds. The average molecular weight is 283 g/mol. The molecule has 0 heterocycles. The van der Waals surface area contributed by atoms with Crippen molar-refractivity contribution in [3.8, 4) is 5.75 Å². The van der Waals surface area contributed by atoms with E-state index in [0.717, 1.165) is 6.42 Å². The molecule has 2 nitrogen and oxygen atoms in total. The van der Waals surface area contributed by atoms with E-state index in [9.17, 15) is 9.50 Å². The zero-order valence-corrected chi connectivity index (χ0v) is 9.70. The molecule has 1 aromatic carbocycles. The first-order valence-electron chi connectivity index (χ1n) is 4.13. The van der Waals surface area contributed by atoms with E-state index in [0.29, 0.717) is 18.5 Å². The van der Waals surface area contributed by atoms with Gasteiger partial charge in [-0.3, -0.25) is 0 Å². The fourth-order valence-corrected chi connectivity index (χ4v) is 1.93. The van der Waals surface area contributed by atoms with Gasteiger partial charge in [0.05, 0.1) is 9.50 Å². The van der Waals surface area contributed by atoms with Crippen LogP contribution in [-0.4, -0.2) is 11.7 Å². The van der Waals surface area contributed by atoms with Crippen LogP contribution in [-0.2, 0) is 6.42 Å². The molecule has 3 N–H and O–H groups in total. The topological polar surface area (TPSA) is 46.2 Å². The molecule has 78 valence electrons. The third-order valence-electron chi connectivity index (χ3n) is 1.87. The molecule has 0 aromatic heterocycles. The normalized spacial score (nSPS) is 10.6. The summed E-state index contributed by atoms with van der Waals surface area (Å²) in [7, 11) is 0. The van der Waals surface area contributed by atoms with Gasteiger partial charge in [-0.1, -0.05) is 11.6 Å². The van der Waals surface area contributed by atoms with Crippen molar-refractivity contribution in [3.05, 3.63) is 26.9 Å². The summed E-state index contributed by atoms with van der Waals surface area (Å²) in [6, 6.07) is 1.42. The van der Waals surface area contributed by atoms with Gasteiger partial charge < -0.3 is 10.8 Å². The van der Waals surface area contributed by atoms with Crippen LogP contribution in [0.3, 0.4) is 0 Å². The van der Waals surface area contributed by atoms with Crippen molar-refractivity contribution in [2.24, 2.45) is 5.73 Å². The van der Waals surface area contributed by atoms with Gasteiger partial charge in [-0.15, -0.1) is 0 Å². The molecule has 0 saturated carbocycles. The number of aromatic hydroxyl groups is 1. The Morgan fingerprint density at radius 1 is 1.57 bits per heavy atom. The van der Waals surface area contributed by atoms with Crippen LogP contribution in [0.2, 0.25) is 5.02 Å². The van der Waals surface area contributed by atoms with Crippen LogP contribution in [0.25, 0.3) is 0 Å². The molecule has 0 aliphatic rings. The van der Waals surface area contributed by atoms with Crippen molar-refractivity contribution in [3.63, 3.8) is 0 Å². The highest BCUT2D eigenvalue weighted by Gasteiger charge is 2.14. The van der Waals surface area contributed by atoms with E-state index in [1.165, 1.54) is 6.07 Å². The van der Waals surface area contributed by atoms with Gasteiger partial charge in [0.15, 0.2) is 5.82 Å². The van der Waals surface area contributed by atoms with Crippen molar-refractivity contribution in [2.75, 3.05) is 6.54 Å². The van der Waals surface area contributed by atoms with E-state index >= 15 is 0 Å². The molecule has 14 heavy (non-hydrogen) atoms. The molecule has 1 rings (SSSR count). The van der Waals surface area contributed by atoms with Crippen molar-refractivity contribution < 1.29 is 9.50 Å². The Hall–Kier alpha value is -0.320. The molecule has 0 fully saturated rings. The Labute approximate surface area is 95.0 Å². The lowest BCUT2D eigenvalue weighted by Crippen LogP contribution is -2.01. The number of halogens is 3. The predicted octanol–water partition coefficient (Wildman–Crippen LogP) is 2.84. The van der Waals surface area contributed by atoms with Crippen LogP contribution in [0.5, 0.6) is 5.75 Å². The second-order valence-corrected chi connectivity index (χ2v) is 4.09. The van der Waals surface area contributed by atoms with Gasteiger partial charge in [0.2, 0.25) is 0 Å². The number of phenolic OH excluding ortho intramolecular Hbond substituents is 1. The van der Waals surface area contributed by atoms with Crippen LogP contribution in [0.4, 0.5) is 4.39 Å². The van der Waals surface area contributed by atoms with Crippen LogP contribution in [0.1, 0.15) is 12.0 Å². The molecule has 0 unspecified atom stereocenters. The van der Waals surface area contributed by atoms with Gasteiger partial charge in [0.1, 0.15) is 5.75 Å². The van der Waals surface area contributed by atoms with E-state index in [2.05, 4.69) is 15.9 Å². The minimum Gasteiger partial charge on any atom is -0.506 e. The maximum Gasteiger partial charge on any atom is 0.159 e. The summed E-state index contributed by atoms with van der Waals surface area (Å²) in [5.74, 6) is -0.735. The lowest BCUT2D eigenvalue weighted by Gasteiger charge is -2.07. The summed E-state index contributed by atoms with van der Waals surface area (Å²) < 4.78 is 13.1. The molecule has 0 aliphatic carbocycles. The number of aryl methyl sites for hydroxylation is 1. The molecule has 0 spiro atoms. The Balaban J connectivity index is 3.06. The lowest BCUT2D eigenvalue weighted by molar-refractivity contribution is 0.456. The first-order chi connectivity index (χ1) is 6.57. The largest absolute Gasteiger partial charge is 0.506 e. The quantitative estimate of drug-likeness (QED) is 0.838. The van der Waals surface area contributed by atoms with Crippen LogP contribution in [0, 0.1) is 5.82 Å². The molecular weight excluding hydrogens is 272 g/mol. The Bertz CT molecular complexity index is 346. The highest BCUT2D eigenvalue weighted by molar-refractivity contribution is 9.10. The van der Waals surface area contributed by atoms with E-state index < -0.39 is 5.82 Å². The minimum absolute atomic E-state index is 0.00157. The Kier molecular flexibility index (Phi) is 4.16. The van der Waals surface area contributed by atoms with Crippen LogP contribution >= 0.6 is 27.5 Å². The summed E-state index contributed by atoms with van der Waals surface area (Å²) in [5, 5.41) is 9.54. The molecule has 5 heteroatoms. The monoisotopic (exact) mass is 281 g/mol. The van der Waals surface area contributed by atoms with Crippen molar-refractivity contribution in [1.29, 1.82) is 0 Å². The van der Waals surface area contributed by atoms with E-state index in [1.807, 2.05) is 0 Å². The molecule has 0 aliphatic heterocycles. The van der Waals surface area contributed by atoms with Crippen molar-refractivity contribution in [1.82, 2.24) is 0 Å². The van der Waals surface area contributed by atoms with Crippen LogP contribution < -0.4 is 5.73 Å². The SMILES string of the molecule is NCCCc1cc(Cl)c(F)c(Br)c1O. The van der Waals surface area contributed by atoms with Crippen molar-refractivity contribution in [2.45, 2.75) is 12.8 Å². The fraction of sp³-hybridized carbons (Fsp3) is 0.333. The molecular formula is C9H10BrClFNO. The lowest BCUT2D eigenvalue weighted by atomic mass is 10.1. The zero-order valence-electron chi connectivity index (χ0n) is 7.36. The maximum absolute atomic E-state index is 13.1. The minimum atomic E-state index is -0.638. The van der Waals surface area contributed by atoms with E-state index in [1.54, 1.807) is 0 Å². The number of hydrogen-bond donors (Lipinski definition) is 2. The second-order valence-electron chi connectivity index (χ2n) is 2.89. The summed E-state index contributed by atoms with van der Waals surface area (Å²) in [6.45, 7) is 0.520. The van der Waals surface area contributed by atoms with Gasteiger partial charge in [-0.2, -0.15) is 0 Å². The standard InChI is InChI=1S/C9H10BrClFNO/c10-7-8(12)6(11)4-5(9(7)14)2-1-3-13/h4,14H,1-3,13H2. The molecule has 0 atom stereocenters. The van der Waals surface area contributed by atoms with Gasteiger partial charge in [0.25, 0.3) is 0 Å². The van der Waals surface area contributed by atoms with Gasteiger partial charge in [-0.05, 0) is 46.9 Å². The smallest absolute Gasteiger partial charge is 0.159 e. The van der Waals surface area contributed by atoms with Gasteiger partial charge >= 0.3 is 0 Å². The first-order valence-corrected chi connectivity index (χ1v) is 5.30.